The first-order valence-electron chi connectivity index (χ1n) is 5.75. The Morgan fingerprint density at radius 2 is 2.00 bits per heavy atom. The van der Waals surface area contributed by atoms with Crippen LogP contribution in [0, 0.1) is 6.92 Å². The van der Waals surface area contributed by atoms with E-state index in [2.05, 4.69) is 33.8 Å². The number of fused-ring (bicyclic) bond motifs is 1. The number of aromatic nitrogens is 4. The van der Waals surface area contributed by atoms with E-state index in [1.807, 2.05) is 0 Å². The van der Waals surface area contributed by atoms with Crippen LogP contribution in [0.5, 0.6) is 0 Å². The number of nitrogens with zero attached hydrogens (tertiary/aromatic N) is 3. The maximum atomic E-state index is 11.7. The maximum absolute atomic E-state index is 11.7. The molecule has 22 heavy (non-hydrogen) atoms. The molecule has 0 amide bonds. The summed E-state index contributed by atoms with van der Waals surface area (Å²) in [6.07, 6.45) is 2.10. The van der Waals surface area contributed by atoms with Crippen molar-refractivity contribution >= 4 is 46.1 Å². The molecule has 0 aromatic carbocycles. The summed E-state index contributed by atoms with van der Waals surface area (Å²) in [6, 6.07) is 0. The van der Waals surface area contributed by atoms with Crippen LogP contribution in [-0.4, -0.2) is 35.8 Å². The van der Waals surface area contributed by atoms with Crippen molar-refractivity contribution in [3.8, 4) is 0 Å². The van der Waals surface area contributed by atoms with Gasteiger partial charge in [-0.15, -0.1) is 12.2 Å². The number of nitrogens with one attached hydrogen (secondary N) is 1. The molecule has 2 heterocycles. The summed E-state index contributed by atoms with van der Waals surface area (Å²) in [6.45, 7) is 3.67. The standard InChI is InChI=1S/C9H11N4O2.C3H2OS2.K/c1-4-5-10-6-7(11-5)12(2)9(15)13(3)8(6)14;4-1-2-6-3-5;/h1,4H2,2-3H3,(H,10,11);2H2;/q-1;-2;+1. The number of rotatable bonds is 4. The van der Waals surface area contributed by atoms with Crippen molar-refractivity contribution in [2.24, 2.45) is 14.1 Å². The molecule has 0 bridgehead atoms. The van der Waals surface area contributed by atoms with Crippen LogP contribution in [0.1, 0.15) is 5.82 Å². The van der Waals surface area contributed by atoms with Crippen LogP contribution in [0.2, 0.25) is 0 Å². The second-order valence-corrected chi connectivity index (χ2v) is 5.10. The average Bonchev–Trinajstić information content (AvgIpc) is 2.94. The Morgan fingerprint density at radius 1 is 1.36 bits per heavy atom. The predicted molar refractivity (Wildman–Crippen MR) is 86.4 cm³/mol. The first-order valence-corrected chi connectivity index (χ1v) is 7.15. The monoisotopic (exact) mass is 364 g/mol. The number of thiocarbonyl (C=S) groups is 1. The number of thioether (sulfide) groups is 1. The van der Waals surface area contributed by atoms with Gasteiger partial charge in [0.05, 0.1) is 5.82 Å². The molecule has 114 valence electrons. The fraction of sp³-hybridized carbons (Fsp3) is 0.333. The number of imidazole rings is 1. The van der Waals surface area contributed by atoms with Gasteiger partial charge in [-0.3, -0.25) is 20.2 Å². The molecule has 10 heteroatoms. The minimum Gasteiger partial charge on any atom is -0.541 e. The summed E-state index contributed by atoms with van der Waals surface area (Å²) >= 11 is 5.40. The Morgan fingerprint density at radius 3 is 2.45 bits per heavy atom. The predicted octanol–water partition coefficient (Wildman–Crippen LogP) is -3.00. The largest absolute Gasteiger partial charge is 1.00 e. The molecule has 0 radical (unpaired) electrons. The third-order valence-electron chi connectivity index (χ3n) is 2.57. The Bertz CT molecular complexity index is 758. The first kappa shape index (κ1) is 21.9. The number of aryl methyl sites for hydroxylation is 1. The molecule has 1 N–H and O–H groups in total. The Hall–Kier alpha value is -0.104. The van der Waals surface area contributed by atoms with E-state index in [1.54, 1.807) is 13.3 Å². The van der Waals surface area contributed by atoms with Gasteiger partial charge in [-0.2, -0.15) is 0 Å². The summed E-state index contributed by atoms with van der Waals surface area (Å²) in [5, 5.41) is 0. The zero-order chi connectivity index (χ0) is 16.0. The van der Waals surface area contributed by atoms with Crippen molar-refractivity contribution in [1.82, 2.24) is 19.1 Å². The van der Waals surface area contributed by atoms with Crippen LogP contribution >= 0.6 is 24.0 Å². The Kier molecular flexibility index (Phi) is 10.6. The summed E-state index contributed by atoms with van der Waals surface area (Å²) < 4.78 is 4.69. The second kappa shape index (κ2) is 10.6. The van der Waals surface area contributed by atoms with Gasteiger partial charge in [0, 0.05) is 14.1 Å². The quantitative estimate of drug-likeness (QED) is 0.269. The topological polar surface area (TPSA) is 89.8 Å². The molecule has 0 atom stereocenters. The first-order chi connectivity index (χ1) is 9.97. The number of hydrogen-bond acceptors (Lipinski definition) is 6. The fourth-order valence-electron chi connectivity index (χ4n) is 1.55. The van der Waals surface area contributed by atoms with Crippen molar-refractivity contribution in [1.29, 1.82) is 0 Å². The van der Waals surface area contributed by atoms with E-state index in [0.717, 1.165) is 16.3 Å². The van der Waals surface area contributed by atoms with Gasteiger partial charge in [-0.25, -0.2) is 9.78 Å². The van der Waals surface area contributed by atoms with Crippen LogP contribution in [0.4, 0.5) is 0 Å². The number of aromatic amines is 1. The zero-order valence-corrected chi connectivity index (χ0v) is 17.3. The molecular formula is C12H13KN4O3S2-2. The number of H-pyrrole nitrogens is 1. The van der Waals surface area contributed by atoms with Crippen LogP contribution < -0.4 is 62.6 Å². The molecule has 2 aromatic heterocycles. The van der Waals surface area contributed by atoms with Crippen molar-refractivity contribution in [3.05, 3.63) is 33.6 Å². The Labute approximate surface area is 179 Å². The van der Waals surface area contributed by atoms with Gasteiger partial charge in [0.25, 0.3) is 5.56 Å². The maximum Gasteiger partial charge on any atom is 1.00 e. The van der Waals surface area contributed by atoms with Gasteiger partial charge in [0.15, 0.2) is 5.65 Å². The molecule has 0 unspecified atom stereocenters. The van der Waals surface area contributed by atoms with E-state index in [4.69, 9.17) is 0 Å². The van der Waals surface area contributed by atoms with Crippen LogP contribution in [-0.2, 0) is 25.3 Å². The van der Waals surface area contributed by atoms with E-state index < -0.39 is 0 Å². The van der Waals surface area contributed by atoms with Gasteiger partial charge in [0.2, 0.25) is 0 Å². The molecule has 2 rings (SSSR count). The minimum atomic E-state index is -0.380. The number of carbonyl (C=O) groups excluding carboxylic acids is 1. The third kappa shape index (κ3) is 5.22. The van der Waals surface area contributed by atoms with Crippen LogP contribution in [0.15, 0.2) is 9.59 Å². The van der Waals surface area contributed by atoms with E-state index in [9.17, 15) is 14.4 Å². The molecule has 0 aliphatic heterocycles. The Balaban J connectivity index is 0.000000546. The molecule has 0 saturated carbocycles. The smallest absolute Gasteiger partial charge is 0.541 e. The minimum absolute atomic E-state index is 0. The molecular weight excluding hydrogens is 351 g/mol. The van der Waals surface area contributed by atoms with Gasteiger partial charge in [-0.1, -0.05) is 0 Å². The average molecular weight is 364 g/mol. The molecule has 0 spiro atoms. The van der Waals surface area contributed by atoms with Crippen molar-refractivity contribution in [2.75, 3.05) is 5.75 Å². The second-order valence-electron chi connectivity index (χ2n) is 3.85. The molecule has 0 fully saturated rings. The SMILES string of the molecule is O=[C-]CS[C-]=S.[CH2-]Cc1nc2c([nH]1)c(=O)n(C)c(=O)n2C.[K+]. The number of hydrogen-bond donors (Lipinski definition) is 1. The molecule has 2 aromatic rings. The molecule has 0 saturated heterocycles. The van der Waals surface area contributed by atoms with Gasteiger partial charge in [-0.05, 0) is 0 Å². The van der Waals surface area contributed by atoms with Crippen molar-refractivity contribution in [3.63, 3.8) is 0 Å². The summed E-state index contributed by atoms with van der Waals surface area (Å²) in [4.78, 5) is 39.6. The summed E-state index contributed by atoms with van der Waals surface area (Å²) in [7, 11) is 3.02. The van der Waals surface area contributed by atoms with E-state index >= 15 is 0 Å². The molecule has 7 nitrogen and oxygen atoms in total. The van der Waals surface area contributed by atoms with Gasteiger partial charge in [0.1, 0.15) is 5.52 Å². The summed E-state index contributed by atoms with van der Waals surface area (Å²) in [5.41, 5.74) is -0.0186. The zero-order valence-electron chi connectivity index (χ0n) is 12.5. The normalized spacial score (nSPS) is 9.59. The molecule has 0 aliphatic carbocycles. The molecule has 0 aliphatic rings. The third-order valence-corrected chi connectivity index (χ3v) is 3.30. The van der Waals surface area contributed by atoms with Gasteiger partial charge < -0.3 is 45.4 Å². The van der Waals surface area contributed by atoms with E-state index in [-0.39, 0.29) is 62.6 Å². The van der Waals surface area contributed by atoms with Gasteiger partial charge >= 0.3 is 57.1 Å². The summed E-state index contributed by atoms with van der Waals surface area (Å²) in [5.74, 6) is 0.909. The van der Waals surface area contributed by atoms with E-state index in [0.29, 0.717) is 29.2 Å². The van der Waals surface area contributed by atoms with Crippen molar-refractivity contribution < 1.29 is 56.2 Å². The van der Waals surface area contributed by atoms with Crippen molar-refractivity contribution in [2.45, 2.75) is 6.42 Å². The van der Waals surface area contributed by atoms with Crippen LogP contribution in [0.3, 0.4) is 0 Å². The van der Waals surface area contributed by atoms with E-state index in [1.165, 1.54) is 11.6 Å². The van der Waals surface area contributed by atoms with Crippen LogP contribution in [0.25, 0.3) is 11.2 Å². The fourth-order valence-corrected chi connectivity index (χ4v) is 1.85.